The van der Waals surface area contributed by atoms with E-state index in [1.54, 1.807) is 24.4 Å². The van der Waals surface area contributed by atoms with Crippen LogP contribution < -0.4 is 5.43 Å². The first-order valence-corrected chi connectivity index (χ1v) is 8.71. The molecule has 0 aliphatic carbocycles. The number of hydrazone groups is 1. The summed E-state index contributed by atoms with van der Waals surface area (Å²) in [6, 6.07) is 14.8. The van der Waals surface area contributed by atoms with Crippen molar-refractivity contribution in [1.29, 1.82) is 0 Å². The molecule has 2 heterocycles. The van der Waals surface area contributed by atoms with Gasteiger partial charge in [-0.05, 0) is 30.3 Å². The van der Waals surface area contributed by atoms with Gasteiger partial charge in [-0.2, -0.15) is 5.10 Å². The maximum atomic E-state index is 6.21. The van der Waals surface area contributed by atoms with Crippen molar-refractivity contribution in [2.75, 3.05) is 5.43 Å². The Balaban J connectivity index is 1.63. The number of hydrogen-bond donors (Lipinski definition) is 1. The van der Waals surface area contributed by atoms with Crippen LogP contribution in [0, 0.1) is 0 Å². The van der Waals surface area contributed by atoms with Gasteiger partial charge in [0.15, 0.2) is 11.0 Å². The van der Waals surface area contributed by atoms with Crippen LogP contribution >= 0.6 is 34.8 Å². The minimum Gasteiger partial charge on any atom is -0.259 e. The van der Waals surface area contributed by atoms with Crippen molar-refractivity contribution >= 4 is 68.8 Å². The molecule has 0 atom stereocenters. The summed E-state index contributed by atoms with van der Waals surface area (Å²) in [7, 11) is 0. The summed E-state index contributed by atoms with van der Waals surface area (Å²) in [6.07, 6.45) is 1.56. The van der Waals surface area contributed by atoms with Gasteiger partial charge in [-0.3, -0.25) is 5.43 Å². The van der Waals surface area contributed by atoms with Crippen molar-refractivity contribution in [3.05, 3.63) is 69.4 Å². The van der Waals surface area contributed by atoms with Crippen LogP contribution in [0.5, 0.6) is 0 Å². The molecule has 4 rings (SSSR count). The van der Waals surface area contributed by atoms with Crippen molar-refractivity contribution in [2.24, 2.45) is 5.10 Å². The number of benzene rings is 2. The zero-order valence-corrected chi connectivity index (χ0v) is 15.4. The minimum atomic E-state index is 0.208. The first kappa shape index (κ1) is 17.0. The fraction of sp³-hybridized carbons (Fsp3) is 0. The summed E-state index contributed by atoms with van der Waals surface area (Å²) in [5, 5.41) is 6.25. The molecule has 2 aromatic heterocycles. The summed E-state index contributed by atoms with van der Waals surface area (Å²) in [5.74, 6) is 0.322. The van der Waals surface area contributed by atoms with Crippen molar-refractivity contribution in [3.8, 4) is 0 Å². The molecule has 2 aromatic carbocycles. The third-order valence-electron chi connectivity index (χ3n) is 3.66. The first-order valence-electron chi connectivity index (χ1n) is 7.57. The highest BCUT2D eigenvalue weighted by atomic mass is 35.5. The normalized spacial score (nSPS) is 11.5. The molecule has 0 amide bonds. The van der Waals surface area contributed by atoms with Crippen LogP contribution in [-0.4, -0.2) is 21.2 Å². The molecular weight excluding hydrogens is 393 g/mol. The number of halogens is 3. The molecular formula is C18H10Cl3N5. The van der Waals surface area contributed by atoms with Gasteiger partial charge in [-0.1, -0.05) is 53.0 Å². The van der Waals surface area contributed by atoms with Gasteiger partial charge in [-0.25, -0.2) is 15.0 Å². The number of pyridine rings is 1. The van der Waals surface area contributed by atoms with Gasteiger partial charge in [0.25, 0.3) is 0 Å². The van der Waals surface area contributed by atoms with Gasteiger partial charge < -0.3 is 0 Å². The molecule has 5 nitrogen and oxygen atoms in total. The quantitative estimate of drug-likeness (QED) is 0.276. The third kappa shape index (κ3) is 3.42. The molecule has 0 saturated carbocycles. The van der Waals surface area contributed by atoms with E-state index in [9.17, 15) is 0 Å². The maximum Gasteiger partial charge on any atom is 0.185 e. The molecule has 0 spiro atoms. The molecule has 4 aromatic rings. The van der Waals surface area contributed by atoms with Gasteiger partial charge in [0, 0.05) is 16.0 Å². The highest BCUT2D eigenvalue weighted by Crippen LogP contribution is 2.24. The Morgan fingerprint density at radius 1 is 0.808 bits per heavy atom. The molecule has 0 aliphatic rings. The van der Waals surface area contributed by atoms with Crippen LogP contribution in [0.3, 0.4) is 0 Å². The lowest BCUT2D eigenvalue weighted by Gasteiger charge is -2.05. The molecule has 0 bridgehead atoms. The Hall–Kier alpha value is -2.47. The van der Waals surface area contributed by atoms with Crippen LogP contribution in [0.2, 0.25) is 15.3 Å². The van der Waals surface area contributed by atoms with E-state index < -0.39 is 0 Å². The smallest absolute Gasteiger partial charge is 0.185 e. The average Bonchev–Trinajstić information content (AvgIpc) is 2.63. The second-order valence-corrected chi connectivity index (χ2v) is 6.58. The topological polar surface area (TPSA) is 63.1 Å². The van der Waals surface area contributed by atoms with E-state index in [0.717, 1.165) is 10.9 Å². The molecule has 8 heteroatoms. The highest BCUT2D eigenvalue weighted by molar-refractivity contribution is 6.33. The fourth-order valence-electron chi connectivity index (χ4n) is 2.44. The summed E-state index contributed by atoms with van der Waals surface area (Å²) in [5.41, 5.74) is 5.54. The van der Waals surface area contributed by atoms with Gasteiger partial charge >= 0.3 is 0 Å². The lowest BCUT2D eigenvalue weighted by molar-refractivity contribution is 1.22. The summed E-state index contributed by atoms with van der Waals surface area (Å²) in [4.78, 5) is 13.0. The molecule has 1 N–H and O–H groups in total. The lowest BCUT2D eigenvalue weighted by atomic mass is 10.2. The summed E-state index contributed by atoms with van der Waals surface area (Å²) >= 11 is 18.4. The predicted molar refractivity (Wildman–Crippen MR) is 108 cm³/mol. The van der Waals surface area contributed by atoms with Crippen LogP contribution in [0.4, 0.5) is 5.82 Å². The minimum absolute atomic E-state index is 0.208. The first-order chi connectivity index (χ1) is 12.6. The number of nitrogens with one attached hydrogen (secondary N) is 1. The van der Waals surface area contributed by atoms with Gasteiger partial charge in [0.05, 0.1) is 22.8 Å². The molecule has 26 heavy (non-hydrogen) atoms. The highest BCUT2D eigenvalue weighted by Gasteiger charge is 2.07. The van der Waals surface area contributed by atoms with Gasteiger partial charge in [0.2, 0.25) is 0 Å². The zero-order valence-electron chi connectivity index (χ0n) is 13.1. The number of anilines is 1. The lowest BCUT2D eigenvalue weighted by Crippen LogP contribution is -1.98. The van der Waals surface area contributed by atoms with Gasteiger partial charge in [0.1, 0.15) is 5.15 Å². The van der Waals surface area contributed by atoms with E-state index >= 15 is 0 Å². The predicted octanol–water partition coefficient (Wildman–Crippen LogP) is 5.58. The standard InChI is InChI=1S/C18H10Cl3N5/c19-12-5-6-14-15(8-12)25-18(17(21)24-14)26-22-9-11-7-10-3-1-2-4-13(10)23-16(11)20/h1-9H,(H,25,26)/b22-9-. The Morgan fingerprint density at radius 3 is 2.50 bits per heavy atom. The maximum absolute atomic E-state index is 6.21. The van der Waals surface area contributed by atoms with E-state index in [1.165, 1.54) is 0 Å². The monoisotopic (exact) mass is 401 g/mol. The number of para-hydroxylation sites is 1. The second kappa shape index (κ2) is 7.03. The van der Waals surface area contributed by atoms with Crippen molar-refractivity contribution < 1.29 is 0 Å². The van der Waals surface area contributed by atoms with Crippen LogP contribution in [0.15, 0.2) is 53.6 Å². The Kier molecular flexibility index (Phi) is 4.59. The SMILES string of the molecule is Clc1ccc2nc(Cl)c(N/N=C\c3cc4ccccc4nc3Cl)nc2c1. The largest absolute Gasteiger partial charge is 0.259 e. The van der Waals surface area contributed by atoms with Gasteiger partial charge in [-0.15, -0.1) is 0 Å². The molecule has 128 valence electrons. The Morgan fingerprint density at radius 2 is 1.62 bits per heavy atom. The van der Waals surface area contributed by atoms with Crippen molar-refractivity contribution in [3.63, 3.8) is 0 Å². The molecule has 0 aliphatic heterocycles. The fourth-order valence-corrected chi connectivity index (χ4v) is 2.98. The number of rotatable bonds is 3. The number of fused-ring (bicyclic) bond motifs is 2. The molecule has 0 unspecified atom stereocenters. The van der Waals surface area contributed by atoms with Crippen molar-refractivity contribution in [2.45, 2.75) is 0 Å². The van der Waals surface area contributed by atoms with E-state index in [0.29, 0.717) is 32.6 Å². The number of aromatic nitrogens is 3. The summed E-state index contributed by atoms with van der Waals surface area (Å²) < 4.78 is 0. The van der Waals surface area contributed by atoms with Crippen LogP contribution in [0.25, 0.3) is 21.9 Å². The van der Waals surface area contributed by atoms with Crippen LogP contribution in [0.1, 0.15) is 5.56 Å². The Labute approximate surface area is 163 Å². The van der Waals surface area contributed by atoms with Crippen LogP contribution in [-0.2, 0) is 0 Å². The van der Waals surface area contributed by atoms with E-state index in [4.69, 9.17) is 34.8 Å². The molecule has 0 fully saturated rings. The Bertz CT molecular complexity index is 1160. The number of hydrogen-bond acceptors (Lipinski definition) is 5. The molecule has 0 saturated heterocycles. The van der Waals surface area contributed by atoms with E-state index in [1.807, 2.05) is 30.3 Å². The zero-order chi connectivity index (χ0) is 18.1. The third-order valence-corrected chi connectivity index (χ3v) is 4.46. The molecule has 0 radical (unpaired) electrons. The second-order valence-electron chi connectivity index (χ2n) is 5.43. The average molecular weight is 403 g/mol. The number of nitrogens with zero attached hydrogens (tertiary/aromatic N) is 4. The van der Waals surface area contributed by atoms with E-state index in [-0.39, 0.29) is 5.15 Å². The van der Waals surface area contributed by atoms with Crippen molar-refractivity contribution in [1.82, 2.24) is 15.0 Å². The summed E-state index contributed by atoms with van der Waals surface area (Å²) in [6.45, 7) is 0. The van der Waals surface area contributed by atoms with E-state index in [2.05, 4.69) is 25.5 Å².